The van der Waals surface area contributed by atoms with Gasteiger partial charge in [0.15, 0.2) is 12.4 Å². The van der Waals surface area contributed by atoms with Crippen molar-refractivity contribution in [2.24, 2.45) is 0 Å². The van der Waals surface area contributed by atoms with Crippen molar-refractivity contribution in [3.05, 3.63) is 71.0 Å². The standard InChI is InChI=1S/C27H27F3N2O4/c1-3-34-24(33)16-36-23-11-10-22(14-17(23)2)35-13-12-20-15-31-26(32-25(20)18-4-5-18)19-6-8-21(9-7-19)27(28,29)30/h6-11,14-15,18H,3-5,12-13,16H2,1-2H3. The number of carbonyl (C=O) groups is 1. The second-order valence-corrected chi connectivity index (χ2v) is 8.57. The van der Waals surface area contributed by atoms with Crippen LogP contribution in [0.1, 0.15) is 48.1 Å². The van der Waals surface area contributed by atoms with Crippen molar-refractivity contribution in [2.45, 2.75) is 45.2 Å². The number of rotatable bonds is 10. The second kappa shape index (κ2) is 11.0. The third-order valence-corrected chi connectivity index (χ3v) is 5.77. The number of esters is 1. The van der Waals surface area contributed by atoms with Gasteiger partial charge in [-0.25, -0.2) is 14.8 Å². The van der Waals surface area contributed by atoms with Crippen LogP contribution in [0.25, 0.3) is 11.4 Å². The number of hydrogen-bond acceptors (Lipinski definition) is 6. The largest absolute Gasteiger partial charge is 0.493 e. The number of benzene rings is 2. The van der Waals surface area contributed by atoms with E-state index in [0.29, 0.717) is 48.4 Å². The fraction of sp³-hybridized carbons (Fsp3) is 0.370. The topological polar surface area (TPSA) is 70.5 Å². The summed E-state index contributed by atoms with van der Waals surface area (Å²) in [6.45, 7) is 4.17. The van der Waals surface area contributed by atoms with E-state index in [4.69, 9.17) is 19.2 Å². The average Bonchev–Trinajstić information content (AvgIpc) is 3.69. The zero-order valence-electron chi connectivity index (χ0n) is 20.1. The van der Waals surface area contributed by atoms with Crippen molar-refractivity contribution in [1.29, 1.82) is 0 Å². The van der Waals surface area contributed by atoms with Crippen LogP contribution in [0.2, 0.25) is 0 Å². The van der Waals surface area contributed by atoms with Gasteiger partial charge in [-0.1, -0.05) is 12.1 Å². The predicted molar refractivity (Wildman–Crippen MR) is 127 cm³/mol. The monoisotopic (exact) mass is 500 g/mol. The molecule has 1 aliphatic carbocycles. The van der Waals surface area contributed by atoms with Gasteiger partial charge in [-0.3, -0.25) is 0 Å². The van der Waals surface area contributed by atoms with Crippen LogP contribution < -0.4 is 9.47 Å². The zero-order valence-corrected chi connectivity index (χ0v) is 20.1. The fourth-order valence-electron chi connectivity index (χ4n) is 3.76. The third kappa shape index (κ3) is 6.53. The van der Waals surface area contributed by atoms with Crippen molar-refractivity contribution in [2.75, 3.05) is 19.8 Å². The van der Waals surface area contributed by atoms with E-state index in [0.717, 1.165) is 41.8 Å². The number of nitrogens with zero attached hydrogens (tertiary/aromatic N) is 2. The molecule has 0 bridgehead atoms. The molecule has 1 heterocycles. The summed E-state index contributed by atoms with van der Waals surface area (Å²) in [5.74, 6) is 1.60. The first kappa shape index (κ1) is 25.5. The molecule has 0 aliphatic heterocycles. The first-order chi connectivity index (χ1) is 17.2. The maximum absolute atomic E-state index is 12.9. The summed E-state index contributed by atoms with van der Waals surface area (Å²) in [6.07, 6.45) is 0.0262. The first-order valence-electron chi connectivity index (χ1n) is 11.8. The summed E-state index contributed by atoms with van der Waals surface area (Å²) < 4.78 is 54.9. The molecule has 2 aromatic carbocycles. The summed E-state index contributed by atoms with van der Waals surface area (Å²) in [6, 6.07) is 10.3. The summed E-state index contributed by atoms with van der Waals surface area (Å²) in [5, 5.41) is 0. The molecule has 4 rings (SSSR count). The second-order valence-electron chi connectivity index (χ2n) is 8.57. The van der Waals surface area contributed by atoms with Crippen LogP contribution in [0.15, 0.2) is 48.7 Å². The molecule has 1 aliphatic rings. The van der Waals surface area contributed by atoms with Gasteiger partial charge < -0.3 is 14.2 Å². The molecule has 36 heavy (non-hydrogen) atoms. The number of hydrogen-bond donors (Lipinski definition) is 0. The van der Waals surface area contributed by atoms with Gasteiger partial charge in [0.05, 0.1) is 24.5 Å². The molecule has 3 aromatic rings. The van der Waals surface area contributed by atoms with Gasteiger partial charge in [-0.05, 0) is 68.1 Å². The summed E-state index contributed by atoms with van der Waals surface area (Å²) >= 11 is 0. The number of aromatic nitrogens is 2. The molecule has 0 atom stereocenters. The molecule has 190 valence electrons. The SMILES string of the molecule is CCOC(=O)COc1ccc(OCCc2cnc(-c3ccc(C(F)(F)F)cc3)nc2C2CC2)cc1C. The maximum Gasteiger partial charge on any atom is 0.416 e. The molecule has 1 fully saturated rings. The Kier molecular flexibility index (Phi) is 7.76. The lowest BCUT2D eigenvalue weighted by atomic mass is 10.1. The highest BCUT2D eigenvalue weighted by Crippen LogP contribution is 2.41. The lowest BCUT2D eigenvalue weighted by molar-refractivity contribution is -0.145. The number of ether oxygens (including phenoxy) is 3. The molecule has 9 heteroatoms. The quantitative estimate of drug-likeness (QED) is 0.322. The molecule has 1 saturated carbocycles. The summed E-state index contributed by atoms with van der Waals surface area (Å²) in [4.78, 5) is 20.6. The van der Waals surface area contributed by atoms with Gasteiger partial charge >= 0.3 is 12.1 Å². The van der Waals surface area contributed by atoms with Gasteiger partial charge in [-0.2, -0.15) is 13.2 Å². The lowest BCUT2D eigenvalue weighted by Gasteiger charge is -2.13. The zero-order chi connectivity index (χ0) is 25.7. The first-order valence-corrected chi connectivity index (χ1v) is 11.8. The van der Waals surface area contributed by atoms with Gasteiger partial charge in [0.25, 0.3) is 0 Å². The van der Waals surface area contributed by atoms with Crippen molar-refractivity contribution < 1.29 is 32.2 Å². The van der Waals surface area contributed by atoms with Crippen molar-refractivity contribution in [3.63, 3.8) is 0 Å². The van der Waals surface area contributed by atoms with Crippen LogP contribution >= 0.6 is 0 Å². The molecule has 0 N–H and O–H groups in total. The van der Waals surface area contributed by atoms with E-state index >= 15 is 0 Å². The van der Waals surface area contributed by atoms with Crippen LogP contribution in [0.3, 0.4) is 0 Å². The number of carbonyl (C=O) groups excluding carboxylic acids is 1. The van der Waals surface area contributed by atoms with Crippen molar-refractivity contribution >= 4 is 5.97 Å². The Morgan fingerprint density at radius 2 is 1.83 bits per heavy atom. The Morgan fingerprint density at radius 1 is 1.08 bits per heavy atom. The van der Waals surface area contributed by atoms with E-state index in [-0.39, 0.29) is 6.61 Å². The normalized spacial score (nSPS) is 13.4. The number of alkyl halides is 3. The van der Waals surface area contributed by atoms with E-state index < -0.39 is 17.7 Å². The lowest BCUT2D eigenvalue weighted by Crippen LogP contribution is -2.15. The average molecular weight is 501 g/mol. The molecule has 6 nitrogen and oxygen atoms in total. The highest BCUT2D eigenvalue weighted by Gasteiger charge is 2.31. The van der Waals surface area contributed by atoms with E-state index in [1.165, 1.54) is 12.1 Å². The fourth-order valence-corrected chi connectivity index (χ4v) is 3.76. The Morgan fingerprint density at radius 3 is 2.47 bits per heavy atom. The third-order valence-electron chi connectivity index (χ3n) is 5.77. The minimum atomic E-state index is -4.38. The minimum Gasteiger partial charge on any atom is -0.493 e. The smallest absolute Gasteiger partial charge is 0.416 e. The van der Waals surface area contributed by atoms with Crippen molar-refractivity contribution in [1.82, 2.24) is 9.97 Å². The molecular formula is C27H27F3N2O4. The van der Waals surface area contributed by atoms with E-state index in [1.807, 2.05) is 13.0 Å². The molecule has 0 saturated heterocycles. The summed E-state index contributed by atoms with van der Waals surface area (Å²) in [5.41, 5.74) is 2.59. The highest BCUT2D eigenvalue weighted by atomic mass is 19.4. The maximum atomic E-state index is 12.9. The van der Waals surface area contributed by atoms with E-state index in [1.54, 1.807) is 25.3 Å². The molecule has 0 unspecified atom stereocenters. The van der Waals surface area contributed by atoms with Gasteiger partial charge in [0, 0.05) is 24.1 Å². The van der Waals surface area contributed by atoms with Crippen LogP contribution in [0.4, 0.5) is 13.2 Å². The molecule has 0 amide bonds. The number of aryl methyl sites for hydroxylation is 1. The van der Waals surface area contributed by atoms with Crippen LogP contribution in [-0.4, -0.2) is 35.8 Å². The molecule has 1 aromatic heterocycles. The van der Waals surface area contributed by atoms with Gasteiger partial charge in [0.1, 0.15) is 11.5 Å². The van der Waals surface area contributed by atoms with Crippen molar-refractivity contribution in [3.8, 4) is 22.9 Å². The number of halogens is 3. The molecule has 0 spiro atoms. The molecule has 0 radical (unpaired) electrons. The highest BCUT2D eigenvalue weighted by molar-refractivity contribution is 5.71. The van der Waals surface area contributed by atoms with Crippen LogP contribution in [0.5, 0.6) is 11.5 Å². The van der Waals surface area contributed by atoms with Gasteiger partial charge in [-0.15, -0.1) is 0 Å². The predicted octanol–water partition coefficient (Wildman–Crippen LogP) is 5.91. The van der Waals surface area contributed by atoms with Crippen LogP contribution in [0, 0.1) is 6.92 Å². The Hall–Kier alpha value is -3.62. The van der Waals surface area contributed by atoms with E-state index in [2.05, 4.69) is 4.98 Å². The Bertz CT molecular complexity index is 1210. The minimum absolute atomic E-state index is 0.151. The van der Waals surface area contributed by atoms with Crippen LogP contribution in [-0.2, 0) is 22.1 Å². The Labute approximate surface area is 207 Å². The van der Waals surface area contributed by atoms with Gasteiger partial charge in [0.2, 0.25) is 0 Å². The Balaban J connectivity index is 1.38. The van der Waals surface area contributed by atoms with E-state index in [9.17, 15) is 18.0 Å². The molecular weight excluding hydrogens is 473 g/mol. The summed E-state index contributed by atoms with van der Waals surface area (Å²) in [7, 11) is 0.